The lowest BCUT2D eigenvalue weighted by Crippen LogP contribution is -2.70. The Balaban J connectivity index is 1.17. The SMILES string of the molecule is CCCCCC1(CCCCC)O[C@@H]2[C@H](O1)[C@H]1ON(Cc3cccc(C=CCc4ccccc4O)c3)[C@H]3C(=O)O[C@@H]2C[C@@]13C(=O)N1CCC[C@@H]1C(=O)N[C@H](CO)CCC(=O)OC(C)(C)C. The molecule has 7 rings (SSSR count). The maximum atomic E-state index is 15.6. The number of esters is 2. The molecule has 350 valence electrons. The Hall–Kier alpha value is -4.34. The fraction of sp³-hybridized carbons (Fsp3) is 0.640. The van der Waals surface area contributed by atoms with Gasteiger partial charge in [0, 0.05) is 32.2 Å². The van der Waals surface area contributed by atoms with Crippen LogP contribution in [0.3, 0.4) is 0 Å². The van der Waals surface area contributed by atoms with Crippen LogP contribution >= 0.6 is 0 Å². The van der Waals surface area contributed by atoms with E-state index in [0.29, 0.717) is 32.1 Å². The average molecular weight is 888 g/mol. The summed E-state index contributed by atoms with van der Waals surface area (Å²) in [6.07, 6.45) is 9.89. The van der Waals surface area contributed by atoms with E-state index in [-0.39, 0.29) is 44.0 Å². The third-order valence-corrected chi connectivity index (χ3v) is 13.4. The highest BCUT2D eigenvalue weighted by molar-refractivity contribution is 5.96. The molecule has 2 aromatic carbocycles. The number of unbranched alkanes of at least 4 members (excludes halogenated alkanes) is 4. The summed E-state index contributed by atoms with van der Waals surface area (Å²) < 4.78 is 25.8. The summed E-state index contributed by atoms with van der Waals surface area (Å²) in [6, 6.07) is 12.3. The number of aliphatic hydroxyl groups excluding tert-OH is 1. The molecule has 1 aliphatic carbocycles. The standard InChI is InChI=1S/C50H69N3O11/c1-6-8-12-26-49(27-13-9-7-2)62-41-39-30-50(47(59)52-28-16-22-37(52)45(57)51-36(32-54)24-25-40(56)61-48(3,4)5)43(46(58)60-39)53(64-44(50)42(41)63-49)31-34-19-14-17-33(29-34)18-15-21-35-20-10-11-23-38(35)55/h10-11,14-15,17-20,23,29,36-37,39,41-44,54-55H,6-9,12-13,16,21-22,24-28,30-32H2,1-5H3,(H,51,57)/t36-,37+,39+,41-,42-,43-,44+,50-/m0/s1. The fourth-order valence-electron chi connectivity index (χ4n) is 10.4. The molecule has 0 aromatic heterocycles. The molecule has 2 amide bonds. The van der Waals surface area contributed by atoms with Crippen LogP contribution in [0.1, 0.15) is 135 Å². The van der Waals surface area contributed by atoms with Gasteiger partial charge in [0.1, 0.15) is 47.2 Å². The zero-order valence-electron chi connectivity index (χ0n) is 38.3. The van der Waals surface area contributed by atoms with E-state index in [0.717, 1.165) is 55.2 Å². The molecule has 8 atom stereocenters. The normalized spacial score (nSPS) is 27.7. The van der Waals surface area contributed by atoms with Crippen LogP contribution in [0.4, 0.5) is 0 Å². The zero-order chi connectivity index (χ0) is 45.6. The van der Waals surface area contributed by atoms with Gasteiger partial charge in [-0.15, -0.1) is 0 Å². The molecule has 4 heterocycles. The summed E-state index contributed by atoms with van der Waals surface area (Å²) in [6.45, 7) is 9.70. The Morgan fingerprint density at radius 2 is 1.73 bits per heavy atom. The van der Waals surface area contributed by atoms with Crippen molar-refractivity contribution in [1.29, 1.82) is 0 Å². The number of nitrogens with one attached hydrogen (secondary N) is 1. The lowest BCUT2D eigenvalue weighted by atomic mass is 9.62. The molecule has 3 N–H and O–H groups in total. The molecule has 5 aliphatic rings. The highest BCUT2D eigenvalue weighted by Crippen LogP contribution is 2.59. The first-order valence-electron chi connectivity index (χ1n) is 23.7. The van der Waals surface area contributed by atoms with Crippen molar-refractivity contribution in [2.24, 2.45) is 5.41 Å². The minimum absolute atomic E-state index is 0.000322. The van der Waals surface area contributed by atoms with Gasteiger partial charge in [-0.05, 0) is 82.1 Å². The topological polar surface area (TPSA) is 173 Å². The van der Waals surface area contributed by atoms with E-state index in [1.54, 1.807) is 42.9 Å². The largest absolute Gasteiger partial charge is 0.508 e. The van der Waals surface area contributed by atoms with Crippen molar-refractivity contribution in [1.82, 2.24) is 15.3 Å². The van der Waals surface area contributed by atoms with Gasteiger partial charge in [-0.1, -0.05) is 94.1 Å². The number of hydrogen-bond acceptors (Lipinski definition) is 12. The molecule has 0 unspecified atom stereocenters. The second-order valence-electron chi connectivity index (χ2n) is 19.4. The van der Waals surface area contributed by atoms with Crippen LogP contribution in [-0.2, 0) is 55.9 Å². The molecule has 14 nitrogen and oxygen atoms in total. The minimum Gasteiger partial charge on any atom is -0.508 e. The Bertz CT molecular complexity index is 1990. The summed E-state index contributed by atoms with van der Waals surface area (Å²) in [4.78, 5) is 65.3. The Labute approximate surface area is 377 Å². The molecule has 14 heteroatoms. The second kappa shape index (κ2) is 20.4. The number of allylic oxidation sites excluding steroid dienone is 1. The fourth-order valence-corrected chi connectivity index (χ4v) is 10.4. The van der Waals surface area contributed by atoms with Crippen molar-refractivity contribution in [3.05, 3.63) is 71.3 Å². The Kier molecular flexibility index (Phi) is 15.2. The van der Waals surface area contributed by atoms with Crippen LogP contribution in [0.15, 0.2) is 54.6 Å². The van der Waals surface area contributed by atoms with Crippen LogP contribution in [0.2, 0.25) is 0 Å². The predicted octanol–water partition coefficient (Wildman–Crippen LogP) is 6.68. The number of aliphatic hydroxyl groups is 1. The van der Waals surface area contributed by atoms with E-state index in [2.05, 4.69) is 19.2 Å². The number of ether oxygens (including phenoxy) is 4. The Morgan fingerprint density at radius 3 is 2.44 bits per heavy atom. The maximum absolute atomic E-state index is 15.6. The van der Waals surface area contributed by atoms with Gasteiger partial charge in [-0.3, -0.25) is 24.0 Å². The first-order valence-corrected chi connectivity index (χ1v) is 23.7. The van der Waals surface area contributed by atoms with Crippen LogP contribution in [0, 0.1) is 5.41 Å². The van der Waals surface area contributed by atoms with E-state index in [9.17, 15) is 24.6 Å². The molecular formula is C50H69N3O11. The average Bonchev–Trinajstić information content (AvgIpc) is 3.99. The smallest absolute Gasteiger partial charge is 0.327 e. The lowest BCUT2D eigenvalue weighted by Gasteiger charge is -2.50. The number of aromatic hydroxyl groups is 1. The van der Waals surface area contributed by atoms with Gasteiger partial charge >= 0.3 is 11.9 Å². The highest BCUT2D eigenvalue weighted by atomic mass is 16.8. The maximum Gasteiger partial charge on any atom is 0.327 e. The molecule has 1 saturated carbocycles. The number of fused-ring (bicyclic) bond motifs is 4. The van der Waals surface area contributed by atoms with Crippen molar-refractivity contribution in [2.75, 3.05) is 13.2 Å². The number of nitrogens with zero attached hydrogens (tertiary/aromatic N) is 2. The van der Waals surface area contributed by atoms with Gasteiger partial charge in [0.15, 0.2) is 11.8 Å². The Morgan fingerprint density at radius 1 is 1.00 bits per heavy atom. The highest BCUT2D eigenvalue weighted by Gasteiger charge is 2.77. The molecule has 0 radical (unpaired) electrons. The van der Waals surface area contributed by atoms with Crippen molar-refractivity contribution < 1.29 is 53.2 Å². The van der Waals surface area contributed by atoms with E-state index < -0.39 is 83.8 Å². The molecule has 0 spiro atoms. The number of hydrogen-bond donors (Lipinski definition) is 3. The number of amides is 2. The number of rotatable bonds is 20. The quantitative estimate of drug-likeness (QED) is 0.0953. The molecule has 4 aliphatic heterocycles. The number of phenolic OH excluding ortho intramolecular Hbond substituents is 1. The van der Waals surface area contributed by atoms with Crippen LogP contribution in [0.25, 0.3) is 6.08 Å². The van der Waals surface area contributed by atoms with Gasteiger partial charge in [0.2, 0.25) is 11.8 Å². The molecule has 5 fully saturated rings. The van der Waals surface area contributed by atoms with E-state index in [1.807, 2.05) is 48.6 Å². The second-order valence-corrected chi connectivity index (χ2v) is 19.4. The summed E-state index contributed by atoms with van der Waals surface area (Å²) in [5.74, 6) is -2.50. The van der Waals surface area contributed by atoms with Crippen molar-refractivity contribution in [3.63, 3.8) is 0 Å². The van der Waals surface area contributed by atoms with Crippen LogP contribution in [-0.4, -0.2) is 111 Å². The summed E-state index contributed by atoms with van der Waals surface area (Å²) in [5, 5.41) is 25.0. The molecule has 4 saturated heterocycles. The third kappa shape index (κ3) is 10.4. The molecule has 2 aromatic rings. The molecule has 2 bridgehead atoms. The summed E-state index contributed by atoms with van der Waals surface area (Å²) in [5.41, 5.74) is 0.440. The molecule has 64 heavy (non-hydrogen) atoms. The van der Waals surface area contributed by atoms with Gasteiger partial charge < -0.3 is 39.4 Å². The number of carbonyl (C=O) groups is 4. The third-order valence-electron chi connectivity index (χ3n) is 13.4. The zero-order valence-corrected chi connectivity index (χ0v) is 38.3. The van der Waals surface area contributed by atoms with Crippen molar-refractivity contribution in [3.8, 4) is 5.75 Å². The summed E-state index contributed by atoms with van der Waals surface area (Å²) in [7, 11) is 0. The minimum atomic E-state index is -1.46. The number of likely N-dealkylation sites (tertiary alicyclic amines) is 1. The van der Waals surface area contributed by atoms with Gasteiger partial charge in [0.25, 0.3) is 0 Å². The van der Waals surface area contributed by atoms with Crippen LogP contribution in [0.5, 0.6) is 5.75 Å². The van der Waals surface area contributed by atoms with Gasteiger partial charge in [-0.25, -0.2) is 0 Å². The van der Waals surface area contributed by atoms with E-state index in [1.165, 1.54) is 0 Å². The van der Waals surface area contributed by atoms with Gasteiger partial charge in [-0.2, -0.15) is 5.06 Å². The first-order chi connectivity index (χ1) is 30.7. The lowest BCUT2D eigenvalue weighted by molar-refractivity contribution is -0.225. The first kappa shape index (κ1) is 47.6. The number of benzene rings is 2. The number of phenols is 1. The number of hydroxylamine groups is 2. The molecular weight excluding hydrogens is 819 g/mol. The van der Waals surface area contributed by atoms with Crippen molar-refractivity contribution in [2.45, 2.75) is 185 Å². The van der Waals surface area contributed by atoms with E-state index in [4.69, 9.17) is 23.8 Å². The van der Waals surface area contributed by atoms with E-state index >= 15 is 4.79 Å². The number of carbonyl (C=O) groups excluding carboxylic acids is 4. The predicted molar refractivity (Wildman–Crippen MR) is 238 cm³/mol. The van der Waals surface area contributed by atoms with Crippen LogP contribution < -0.4 is 5.32 Å². The number of para-hydroxylation sites is 1. The van der Waals surface area contributed by atoms with Crippen molar-refractivity contribution >= 4 is 29.8 Å². The monoisotopic (exact) mass is 887 g/mol. The summed E-state index contributed by atoms with van der Waals surface area (Å²) >= 11 is 0. The van der Waals surface area contributed by atoms with Gasteiger partial charge in [0.05, 0.1) is 19.2 Å².